The monoisotopic (exact) mass is 434 g/mol. The number of nitrogens with zero attached hydrogens (tertiary/aromatic N) is 5. The van der Waals surface area contributed by atoms with Crippen molar-refractivity contribution in [3.05, 3.63) is 66.0 Å². The number of benzene rings is 2. The topological polar surface area (TPSA) is 65.8 Å². The van der Waals surface area contributed by atoms with Crippen LogP contribution in [0.5, 0.6) is 0 Å². The van der Waals surface area contributed by atoms with E-state index < -0.39 is 0 Å². The van der Waals surface area contributed by atoms with Crippen LogP contribution in [0.4, 0.5) is 0 Å². The van der Waals surface area contributed by atoms with Gasteiger partial charge in [-0.05, 0) is 44.0 Å². The zero-order chi connectivity index (χ0) is 22.9. The zero-order valence-corrected chi connectivity index (χ0v) is 19.6. The number of nitrogens with one attached hydrogen (secondary N) is 1. The van der Waals surface area contributed by atoms with Crippen LogP contribution in [0.2, 0.25) is 0 Å². The molecule has 0 saturated heterocycles. The number of carbonyl (C=O) groups excluding carboxylic acids is 1. The lowest BCUT2D eigenvalue weighted by Gasteiger charge is -2.25. The summed E-state index contributed by atoms with van der Waals surface area (Å²) in [6, 6.07) is 16.7. The number of hydrogen-bond donors (Lipinski definition) is 1. The average molecular weight is 435 g/mol. The summed E-state index contributed by atoms with van der Waals surface area (Å²) >= 11 is 0. The van der Waals surface area contributed by atoms with E-state index in [0.29, 0.717) is 13.1 Å². The standard InChI is InChI=1S/C25H34N6O/c1-5-26-25(29(4)18-24(32)30(6-2)7-3)27-16-20-12-14-21(15-13-20)17-31-19-28-22-10-8-9-11-23(22)31/h8-15,19H,5-7,16-18H2,1-4H3,(H,26,27). The number of aromatic nitrogens is 2. The minimum atomic E-state index is 0.111. The Balaban J connectivity index is 1.63. The van der Waals surface area contributed by atoms with Gasteiger partial charge in [-0.15, -0.1) is 0 Å². The molecule has 2 aromatic carbocycles. The summed E-state index contributed by atoms with van der Waals surface area (Å²) in [6.07, 6.45) is 1.89. The SMILES string of the molecule is CCNC(=NCc1ccc(Cn2cnc3ccccc32)cc1)N(C)CC(=O)N(CC)CC. The maximum Gasteiger partial charge on any atom is 0.242 e. The van der Waals surface area contributed by atoms with Crippen molar-refractivity contribution in [3.8, 4) is 0 Å². The number of imidazole rings is 1. The van der Waals surface area contributed by atoms with Gasteiger partial charge < -0.3 is 19.7 Å². The highest BCUT2D eigenvalue weighted by Gasteiger charge is 2.15. The summed E-state index contributed by atoms with van der Waals surface area (Å²) in [5.41, 5.74) is 4.49. The molecule has 1 amide bonds. The molecule has 7 nitrogen and oxygen atoms in total. The summed E-state index contributed by atoms with van der Waals surface area (Å²) in [5, 5.41) is 3.29. The second-order valence-corrected chi connectivity index (χ2v) is 7.77. The summed E-state index contributed by atoms with van der Waals surface area (Å²) in [5.74, 6) is 0.849. The Kier molecular flexibility index (Phi) is 8.25. The Labute approximate surface area is 190 Å². The lowest BCUT2D eigenvalue weighted by atomic mass is 10.1. The first-order valence-corrected chi connectivity index (χ1v) is 11.3. The van der Waals surface area contributed by atoms with Crippen LogP contribution >= 0.6 is 0 Å². The van der Waals surface area contributed by atoms with Crippen LogP contribution in [-0.4, -0.2) is 64.4 Å². The lowest BCUT2D eigenvalue weighted by Crippen LogP contribution is -2.45. The Bertz CT molecular complexity index is 1040. The van der Waals surface area contributed by atoms with Gasteiger partial charge in [0.15, 0.2) is 5.96 Å². The fourth-order valence-corrected chi connectivity index (χ4v) is 3.67. The number of amides is 1. The van der Waals surface area contributed by atoms with Crippen LogP contribution in [0.25, 0.3) is 11.0 Å². The molecule has 7 heteroatoms. The van der Waals surface area contributed by atoms with Crippen molar-refractivity contribution in [3.63, 3.8) is 0 Å². The summed E-state index contributed by atoms with van der Waals surface area (Å²) in [6.45, 7) is 9.87. The molecule has 1 N–H and O–H groups in total. The molecule has 0 fully saturated rings. The number of para-hydroxylation sites is 2. The smallest absolute Gasteiger partial charge is 0.242 e. The number of aliphatic imine (C=N–C) groups is 1. The molecule has 3 rings (SSSR count). The van der Waals surface area contributed by atoms with Crippen LogP contribution < -0.4 is 5.32 Å². The highest BCUT2D eigenvalue weighted by Crippen LogP contribution is 2.15. The third-order valence-corrected chi connectivity index (χ3v) is 5.50. The van der Waals surface area contributed by atoms with Gasteiger partial charge in [0.2, 0.25) is 5.91 Å². The Morgan fingerprint density at radius 1 is 1.03 bits per heavy atom. The van der Waals surface area contributed by atoms with Gasteiger partial charge in [0.05, 0.1) is 30.5 Å². The Hall–Kier alpha value is -3.35. The summed E-state index contributed by atoms with van der Waals surface area (Å²) in [7, 11) is 1.90. The first-order chi connectivity index (χ1) is 15.5. The molecule has 0 radical (unpaired) electrons. The highest BCUT2D eigenvalue weighted by atomic mass is 16.2. The van der Waals surface area contributed by atoms with E-state index >= 15 is 0 Å². The molecule has 0 saturated carbocycles. The maximum absolute atomic E-state index is 12.4. The second kappa shape index (κ2) is 11.3. The molecule has 0 aliphatic heterocycles. The third-order valence-electron chi connectivity index (χ3n) is 5.50. The predicted octanol–water partition coefficient (Wildman–Crippen LogP) is 3.35. The molecule has 0 aliphatic rings. The van der Waals surface area contributed by atoms with Crippen LogP contribution in [0, 0.1) is 0 Å². The maximum atomic E-state index is 12.4. The molecule has 0 bridgehead atoms. The van der Waals surface area contributed by atoms with E-state index in [1.165, 1.54) is 5.56 Å². The first kappa shape index (κ1) is 23.3. The van der Waals surface area contributed by atoms with E-state index in [-0.39, 0.29) is 5.91 Å². The van der Waals surface area contributed by atoms with Gasteiger partial charge in [-0.3, -0.25) is 4.79 Å². The fourth-order valence-electron chi connectivity index (χ4n) is 3.67. The van der Waals surface area contributed by atoms with E-state index in [1.807, 2.05) is 62.1 Å². The van der Waals surface area contributed by atoms with Crippen LogP contribution in [-0.2, 0) is 17.9 Å². The minimum Gasteiger partial charge on any atom is -0.357 e. The molecule has 1 heterocycles. The molecule has 0 spiro atoms. The van der Waals surface area contributed by atoms with Gasteiger partial charge in [0, 0.05) is 33.2 Å². The molecule has 1 aromatic heterocycles. The second-order valence-electron chi connectivity index (χ2n) is 7.77. The van der Waals surface area contributed by atoms with Crippen molar-refractivity contribution in [2.24, 2.45) is 4.99 Å². The van der Waals surface area contributed by atoms with Crippen molar-refractivity contribution in [1.29, 1.82) is 0 Å². The number of guanidine groups is 1. The molecule has 3 aromatic rings. The van der Waals surface area contributed by atoms with Crippen LogP contribution in [0.3, 0.4) is 0 Å². The molecular weight excluding hydrogens is 400 g/mol. The van der Waals surface area contributed by atoms with Crippen molar-refractivity contribution in [2.45, 2.75) is 33.9 Å². The van der Waals surface area contributed by atoms with Gasteiger partial charge >= 0.3 is 0 Å². The van der Waals surface area contributed by atoms with E-state index in [2.05, 4.69) is 45.2 Å². The number of likely N-dealkylation sites (N-methyl/N-ethyl adjacent to an activating group) is 2. The molecular formula is C25H34N6O. The average Bonchev–Trinajstić information content (AvgIpc) is 3.21. The van der Waals surface area contributed by atoms with Crippen LogP contribution in [0.1, 0.15) is 31.9 Å². The highest BCUT2D eigenvalue weighted by molar-refractivity contribution is 5.86. The van der Waals surface area contributed by atoms with E-state index in [9.17, 15) is 4.79 Å². The van der Waals surface area contributed by atoms with Gasteiger partial charge in [0.1, 0.15) is 0 Å². The quantitative estimate of drug-likeness (QED) is 0.414. The van der Waals surface area contributed by atoms with Crippen LogP contribution in [0.15, 0.2) is 59.9 Å². The molecule has 0 unspecified atom stereocenters. The number of rotatable bonds is 9. The minimum absolute atomic E-state index is 0.111. The summed E-state index contributed by atoms with van der Waals surface area (Å²) < 4.78 is 2.16. The lowest BCUT2D eigenvalue weighted by molar-refractivity contribution is -0.131. The zero-order valence-electron chi connectivity index (χ0n) is 19.6. The molecule has 32 heavy (non-hydrogen) atoms. The van der Waals surface area contributed by atoms with E-state index in [0.717, 1.165) is 48.7 Å². The van der Waals surface area contributed by atoms with Crippen molar-refractivity contribution in [2.75, 3.05) is 33.2 Å². The largest absolute Gasteiger partial charge is 0.357 e. The van der Waals surface area contributed by atoms with Gasteiger partial charge in [0.25, 0.3) is 0 Å². The molecule has 170 valence electrons. The molecule has 0 atom stereocenters. The summed E-state index contributed by atoms with van der Waals surface area (Å²) in [4.78, 5) is 25.4. The third kappa shape index (κ3) is 5.87. The van der Waals surface area contributed by atoms with Gasteiger partial charge in [-0.2, -0.15) is 0 Å². The van der Waals surface area contributed by atoms with Crippen molar-refractivity contribution in [1.82, 2.24) is 24.7 Å². The number of carbonyl (C=O) groups is 1. The van der Waals surface area contributed by atoms with Crippen molar-refractivity contribution >= 4 is 22.9 Å². The number of hydrogen-bond acceptors (Lipinski definition) is 3. The van der Waals surface area contributed by atoms with Gasteiger partial charge in [-0.25, -0.2) is 9.98 Å². The fraction of sp³-hybridized carbons (Fsp3) is 0.400. The van der Waals surface area contributed by atoms with E-state index in [1.54, 1.807) is 0 Å². The molecule has 0 aliphatic carbocycles. The van der Waals surface area contributed by atoms with Crippen molar-refractivity contribution < 1.29 is 4.79 Å². The van der Waals surface area contributed by atoms with Gasteiger partial charge in [-0.1, -0.05) is 36.4 Å². The Morgan fingerprint density at radius 2 is 1.72 bits per heavy atom. The normalized spacial score (nSPS) is 11.6. The predicted molar refractivity (Wildman–Crippen MR) is 131 cm³/mol. The number of fused-ring (bicyclic) bond motifs is 1. The first-order valence-electron chi connectivity index (χ1n) is 11.3. The Morgan fingerprint density at radius 3 is 2.41 bits per heavy atom. The van der Waals surface area contributed by atoms with E-state index in [4.69, 9.17) is 4.99 Å².